The minimum Gasteiger partial charge on any atom is -0.278 e. The van der Waals surface area contributed by atoms with E-state index in [2.05, 4.69) is 168 Å². The molecule has 0 saturated heterocycles. The standard InChI is InChI=1S/C50H27N3S2/c1-2-13-29-27-41-39(26-28(29)12-1)45-40(25-24-35-32-16-4-3-14-30(32)31-15-5-6-18-34(31)44(35)45)53(41)50-51-47(46-37-19-8-10-23-43(37)55-49(46)52-50)38-21-11-20-36-33-17-7-9-22-42(33)54-48(36)38/h1-27H. The van der Waals surface area contributed by atoms with E-state index in [4.69, 9.17) is 9.97 Å². The van der Waals surface area contributed by atoms with Crippen LogP contribution in [0.25, 0.3) is 123 Å². The zero-order valence-electron chi connectivity index (χ0n) is 29.2. The average Bonchev–Trinajstić information content (AvgIpc) is 3.92. The molecule has 0 radical (unpaired) electrons. The van der Waals surface area contributed by atoms with E-state index in [1.165, 1.54) is 84.1 Å². The minimum absolute atomic E-state index is 0.687. The zero-order valence-corrected chi connectivity index (χ0v) is 30.9. The molecule has 0 spiro atoms. The van der Waals surface area contributed by atoms with Crippen molar-refractivity contribution in [1.82, 2.24) is 14.5 Å². The second-order valence-corrected chi connectivity index (χ2v) is 16.5. The van der Waals surface area contributed by atoms with E-state index in [1.807, 2.05) is 11.3 Å². The highest BCUT2D eigenvalue weighted by Crippen LogP contribution is 2.47. The van der Waals surface area contributed by atoms with Gasteiger partial charge in [0.1, 0.15) is 4.83 Å². The lowest BCUT2D eigenvalue weighted by Gasteiger charge is -2.13. The smallest absolute Gasteiger partial charge is 0.236 e. The molecule has 55 heavy (non-hydrogen) atoms. The Kier molecular flexibility index (Phi) is 5.93. The predicted octanol–water partition coefficient (Wildman–Crippen LogP) is 14.6. The fraction of sp³-hybridized carbons (Fsp3) is 0. The summed E-state index contributed by atoms with van der Waals surface area (Å²) in [6.45, 7) is 0. The maximum absolute atomic E-state index is 5.69. The van der Waals surface area contributed by atoms with Crippen molar-refractivity contribution in [3.05, 3.63) is 164 Å². The molecule has 0 amide bonds. The van der Waals surface area contributed by atoms with Crippen molar-refractivity contribution >= 4 is 128 Å². The Balaban J connectivity index is 1.23. The lowest BCUT2D eigenvalue weighted by atomic mass is 9.91. The Morgan fingerprint density at radius 1 is 0.382 bits per heavy atom. The Labute approximate surface area is 322 Å². The molecule has 5 heteroatoms. The summed E-state index contributed by atoms with van der Waals surface area (Å²) in [6.07, 6.45) is 0. The van der Waals surface area contributed by atoms with Gasteiger partial charge in [-0.05, 0) is 68.0 Å². The van der Waals surface area contributed by atoms with Crippen molar-refractivity contribution in [2.75, 3.05) is 0 Å². The van der Waals surface area contributed by atoms with Crippen LogP contribution in [0.2, 0.25) is 0 Å². The Morgan fingerprint density at radius 3 is 1.76 bits per heavy atom. The quantitative estimate of drug-likeness (QED) is 0.166. The van der Waals surface area contributed by atoms with Gasteiger partial charge in [-0.15, -0.1) is 22.7 Å². The van der Waals surface area contributed by atoms with Gasteiger partial charge < -0.3 is 0 Å². The number of benzene rings is 9. The topological polar surface area (TPSA) is 30.7 Å². The average molecular weight is 734 g/mol. The molecule has 0 aliphatic carbocycles. The SMILES string of the molecule is c1ccc2cc3c(cc2c1)c1c2c4ccccc4c4ccccc4c2ccc1n3-c1nc(-c2cccc3c2sc2ccccc23)c2c(n1)sc1ccccc12. The van der Waals surface area contributed by atoms with Crippen LogP contribution in [0, 0.1) is 0 Å². The zero-order chi connectivity index (χ0) is 35.8. The van der Waals surface area contributed by atoms with Gasteiger partial charge in [0.05, 0.1) is 16.7 Å². The summed E-state index contributed by atoms with van der Waals surface area (Å²) >= 11 is 3.60. The van der Waals surface area contributed by atoms with Gasteiger partial charge in [0.25, 0.3) is 0 Å². The number of fused-ring (bicyclic) bond motifs is 17. The molecule has 0 fully saturated rings. The lowest BCUT2D eigenvalue weighted by Crippen LogP contribution is -2.02. The fourth-order valence-corrected chi connectivity index (χ4v) is 11.5. The normalized spacial score (nSPS) is 12.4. The molecule has 0 unspecified atom stereocenters. The van der Waals surface area contributed by atoms with Gasteiger partial charge >= 0.3 is 0 Å². The van der Waals surface area contributed by atoms with E-state index in [0.29, 0.717) is 5.95 Å². The van der Waals surface area contributed by atoms with E-state index in [1.54, 1.807) is 11.3 Å². The van der Waals surface area contributed by atoms with Gasteiger partial charge in [0.15, 0.2) is 0 Å². The highest BCUT2D eigenvalue weighted by Gasteiger charge is 2.24. The third-order valence-corrected chi connectivity index (χ3v) is 13.9. The molecular formula is C50H27N3S2. The van der Waals surface area contributed by atoms with Gasteiger partial charge in [-0.1, -0.05) is 133 Å². The summed E-state index contributed by atoms with van der Waals surface area (Å²) in [5.74, 6) is 0.687. The Morgan fingerprint density at radius 2 is 0.982 bits per heavy atom. The predicted molar refractivity (Wildman–Crippen MR) is 238 cm³/mol. The van der Waals surface area contributed by atoms with Crippen molar-refractivity contribution in [2.45, 2.75) is 0 Å². The van der Waals surface area contributed by atoms with Crippen LogP contribution in [0.15, 0.2) is 164 Å². The Hall–Kier alpha value is -6.66. The highest BCUT2D eigenvalue weighted by atomic mass is 32.1. The van der Waals surface area contributed by atoms with Crippen LogP contribution in [0.4, 0.5) is 0 Å². The van der Waals surface area contributed by atoms with Crippen molar-refractivity contribution in [3.8, 4) is 17.2 Å². The van der Waals surface area contributed by atoms with Gasteiger partial charge in [-0.2, -0.15) is 0 Å². The first-order chi connectivity index (χ1) is 27.3. The minimum atomic E-state index is 0.687. The highest BCUT2D eigenvalue weighted by molar-refractivity contribution is 7.26. The van der Waals surface area contributed by atoms with Crippen LogP contribution in [-0.2, 0) is 0 Å². The second kappa shape index (κ2) is 11.0. The first-order valence-corrected chi connectivity index (χ1v) is 20.2. The summed E-state index contributed by atoms with van der Waals surface area (Å²) in [5, 5.41) is 17.3. The molecule has 0 atom stereocenters. The van der Waals surface area contributed by atoms with Crippen LogP contribution in [0.5, 0.6) is 0 Å². The van der Waals surface area contributed by atoms with E-state index < -0.39 is 0 Å². The van der Waals surface area contributed by atoms with Crippen molar-refractivity contribution in [2.24, 2.45) is 0 Å². The number of nitrogens with zero attached hydrogens (tertiary/aromatic N) is 3. The molecular weight excluding hydrogens is 707 g/mol. The molecule has 13 aromatic rings. The first-order valence-electron chi connectivity index (χ1n) is 18.6. The van der Waals surface area contributed by atoms with Gasteiger partial charge in [0.2, 0.25) is 5.95 Å². The third-order valence-electron chi connectivity index (χ3n) is 11.6. The summed E-state index contributed by atoms with van der Waals surface area (Å²) in [4.78, 5) is 12.2. The number of rotatable bonds is 2. The van der Waals surface area contributed by atoms with Crippen LogP contribution in [-0.4, -0.2) is 14.5 Å². The van der Waals surface area contributed by atoms with E-state index in [0.717, 1.165) is 32.5 Å². The molecule has 3 nitrogen and oxygen atoms in total. The van der Waals surface area contributed by atoms with Gasteiger partial charge in [-0.25, -0.2) is 9.97 Å². The van der Waals surface area contributed by atoms with Crippen molar-refractivity contribution < 1.29 is 0 Å². The molecule has 4 heterocycles. The van der Waals surface area contributed by atoms with E-state index in [-0.39, 0.29) is 0 Å². The summed E-state index contributed by atoms with van der Waals surface area (Å²) in [7, 11) is 0. The largest absolute Gasteiger partial charge is 0.278 e. The molecule has 13 rings (SSSR count). The maximum atomic E-state index is 5.69. The number of hydrogen-bond donors (Lipinski definition) is 0. The van der Waals surface area contributed by atoms with Crippen LogP contribution in [0.3, 0.4) is 0 Å². The Bertz CT molecular complexity index is 3760. The van der Waals surface area contributed by atoms with Crippen LogP contribution < -0.4 is 0 Å². The van der Waals surface area contributed by atoms with Crippen LogP contribution >= 0.6 is 22.7 Å². The fourth-order valence-electron chi connectivity index (χ4n) is 9.24. The van der Waals surface area contributed by atoms with Gasteiger partial charge in [-0.3, -0.25) is 4.57 Å². The monoisotopic (exact) mass is 733 g/mol. The van der Waals surface area contributed by atoms with Gasteiger partial charge in [0, 0.05) is 57.4 Å². The molecule has 0 bridgehead atoms. The summed E-state index contributed by atoms with van der Waals surface area (Å²) < 4.78 is 6.08. The molecule has 0 N–H and O–H groups in total. The summed E-state index contributed by atoms with van der Waals surface area (Å²) in [6, 6.07) is 59.8. The molecule has 254 valence electrons. The lowest BCUT2D eigenvalue weighted by molar-refractivity contribution is 1.02. The maximum Gasteiger partial charge on any atom is 0.236 e. The molecule has 4 aromatic heterocycles. The number of thiophene rings is 2. The van der Waals surface area contributed by atoms with Crippen molar-refractivity contribution in [3.63, 3.8) is 0 Å². The second-order valence-electron chi connectivity index (χ2n) is 14.5. The molecule has 0 aliphatic heterocycles. The first kappa shape index (κ1) is 29.8. The molecule has 0 aliphatic rings. The van der Waals surface area contributed by atoms with Crippen LogP contribution in [0.1, 0.15) is 0 Å². The van der Waals surface area contributed by atoms with E-state index in [9.17, 15) is 0 Å². The summed E-state index contributed by atoms with van der Waals surface area (Å²) in [5.41, 5.74) is 4.32. The molecule has 9 aromatic carbocycles. The number of aromatic nitrogens is 3. The van der Waals surface area contributed by atoms with Crippen molar-refractivity contribution in [1.29, 1.82) is 0 Å². The third kappa shape index (κ3) is 4.03. The number of hydrogen-bond acceptors (Lipinski definition) is 4. The van der Waals surface area contributed by atoms with E-state index >= 15 is 0 Å². The molecule has 0 saturated carbocycles.